The van der Waals surface area contributed by atoms with E-state index < -0.39 is 11.8 Å². The molecular formula is C14H18N2O3S. The Balaban J connectivity index is 2.05. The summed E-state index contributed by atoms with van der Waals surface area (Å²) in [6.07, 6.45) is 6.42. The maximum atomic E-state index is 12.3. The first kappa shape index (κ1) is 14.7. The largest absolute Gasteiger partial charge is 0.463 e. The molecule has 1 aliphatic rings. The van der Waals surface area contributed by atoms with Crippen LogP contribution in [0.4, 0.5) is 5.13 Å². The monoisotopic (exact) mass is 294 g/mol. The van der Waals surface area contributed by atoms with Crippen molar-refractivity contribution in [2.45, 2.75) is 32.8 Å². The predicted octanol–water partition coefficient (Wildman–Crippen LogP) is 2.62. The molecule has 20 heavy (non-hydrogen) atoms. The van der Waals surface area contributed by atoms with Crippen LogP contribution >= 0.6 is 11.3 Å². The Bertz CT molecular complexity index is 497. The Labute approximate surface area is 122 Å². The van der Waals surface area contributed by atoms with Crippen molar-refractivity contribution in [3.63, 3.8) is 0 Å². The summed E-state index contributed by atoms with van der Waals surface area (Å²) in [4.78, 5) is 28.4. The summed E-state index contributed by atoms with van der Waals surface area (Å²) in [7, 11) is 0. The SMILES string of the molecule is CC(C)OC(=O)[C@@H]1CC=CC[C@H]1C(=O)Nc1nccs1. The van der Waals surface area contributed by atoms with Gasteiger partial charge in [0.15, 0.2) is 5.13 Å². The molecule has 0 bridgehead atoms. The number of carbonyl (C=O) groups excluding carboxylic acids is 2. The highest BCUT2D eigenvalue weighted by molar-refractivity contribution is 7.13. The van der Waals surface area contributed by atoms with Gasteiger partial charge in [-0.05, 0) is 26.7 Å². The lowest BCUT2D eigenvalue weighted by Gasteiger charge is -2.26. The summed E-state index contributed by atoms with van der Waals surface area (Å²) in [5, 5.41) is 5.11. The summed E-state index contributed by atoms with van der Waals surface area (Å²) in [6, 6.07) is 0. The average molecular weight is 294 g/mol. The minimum Gasteiger partial charge on any atom is -0.463 e. The number of carbonyl (C=O) groups is 2. The van der Waals surface area contributed by atoms with Crippen molar-refractivity contribution in [3.8, 4) is 0 Å². The van der Waals surface area contributed by atoms with Gasteiger partial charge in [-0.3, -0.25) is 9.59 Å². The van der Waals surface area contributed by atoms with Crippen molar-refractivity contribution < 1.29 is 14.3 Å². The molecule has 1 N–H and O–H groups in total. The number of nitrogens with one attached hydrogen (secondary N) is 1. The summed E-state index contributed by atoms with van der Waals surface area (Å²) in [5.41, 5.74) is 0. The fourth-order valence-electron chi connectivity index (χ4n) is 2.17. The van der Waals surface area contributed by atoms with E-state index >= 15 is 0 Å². The molecule has 1 amide bonds. The van der Waals surface area contributed by atoms with Crippen LogP contribution in [0.1, 0.15) is 26.7 Å². The number of hydrogen-bond donors (Lipinski definition) is 1. The van der Waals surface area contributed by atoms with Crippen molar-refractivity contribution in [2.75, 3.05) is 5.32 Å². The van der Waals surface area contributed by atoms with Gasteiger partial charge < -0.3 is 10.1 Å². The van der Waals surface area contributed by atoms with Gasteiger partial charge in [0.2, 0.25) is 5.91 Å². The number of rotatable bonds is 4. The molecule has 108 valence electrons. The Kier molecular flexibility index (Phi) is 4.89. The third-order valence-corrected chi connectivity index (χ3v) is 3.77. The van der Waals surface area contributed by atoms with E-state index in [2.05, 4.69) is 10.3 Å². The van der Waals surface area contributed by atoms with Crippen LogP contribution in [0.3, 0.4) is 0 Å². The second kappa shape index (κ2) is 6.65. The zero-order valence-corrected chi connectivity index (χ0v) is 12.4. The molecule has 1 heterocycles. The summed E-state index contributed by atoms with van der Waals surface area (Å²) < 4.78 is 5.24. The second-order valence-electron chi connectivity index (χ2n) is 4.97. The van der Waals surface area contributed by atoms with Gasteiger partial charge in [0.25, 0.3) is 0 Å². The lowest BCUT2D eigenvalue weighted by atomic mass is 9.82. The van der Waals surface area contributed by atoms with Crippen LogP contribution in [0.15, 0.2) is 23.7 Å². The molecule has 1 aliphatic carbocycles. The first-order chi connectivity index (χ1) is 9.58. The zero-order chi connectivity index (χ0) is 14.5. The highest BCUT2D eigenvalue weighted by atomic mass is 32.1. The number of amides is 1. The van der Waals surface area contributed by atoms with Crippen LogP contribution < -0.4 is 5.32 Å². The number of esters is 1. The standard InChI is InChI=1S/C14H18N2O3S/c1-9(2)19-13(18)11-6-4-3-5-10(11)12(17)16-14-15-7-8-20-14/h3-4,7-11H,5-6H2,1-2H3,(H,15,16,17)/t10-,11-/m1/s1. The minimum atomic E-state index is -0.414. The van der Waals surface area contributed by atoms with Gasteiger partial charge in [0, 0.05) is 11.6 Å². The average Bonchev–Trinajstić information content (AvgIpc) is 2.90. The number of hydrogen-bond acceptors (Lipinski definition) is 5. The highest BCUT2D eigenvalue weighted by Crippen LogP contribution is 2.28. The van der Waals surface area contributed by atoms with E-state index in [1.54, 1.807) is 25.4 Å². The van der Waals surface area contributed by atoms with Gasteiger partial charge >= 0.3 is 5.97 Å². The minimum absolute atomic E-state index is 0.170. The first-order valence-electron chi connectivity index (χ1n) is 6.63. The van der Waals surface area contributed by atoms with Crippen molar-refractivity contribution >= 4 is 28.3 Å². The molecule has 1 aromatic rings. The number of thiazole rings is 1. The van der Waals surface area contributed by atoms with E-state index in [4.69, 9.17) is 4.74 Å². The van der Waals surface area contributed by atoms with Gasteiger partial charge in [-0.15, -0.1) is 11.3 Å². The molecule has 6 heteroatoms. The molecule has 2 atom stereocenters. The van der Waals surface area contributed by atoms with E-state index in [0.717, 1.165) is 0 Å². The van der Waals surface area contributed by atoms with Crippen molar-refractivity contribution in [3.05, 3.63) is 23.7 Å². The number of anilines is 1. The summed E-state index contributed by atoms with van der Waals surface area (Å²) in [6.45, 7) is 3.61. The molecule has 5 nitrogen and oxygen atoms in total. The van der Waals surface area contributed by atoms with Crippen molar-refractivity contribution in [1.29, 1.82) is 0 Å². The smallest absolute Gasteiger partial charge is 0.310 e. The van der Waals surface area contributed by atoms with Crippen molar-refractivity contribution in [2.24, 2.45) is 11.8 Å². The topological polar surface area (TPSA) is 68.3 Å². The van der Waals surface area contributed by atoms with E-state index in [1.807, 2.05) is 12.2 Å². The van der Waals surface area contributed by atoms with Gasteiger partial charge in [0.1, 0.15) is 0 Å². The first-order valence-corrected chi connectivity index (χ1v) is 7.51. The molecule has 0 fully saturated rings. The Morgan fingerprint density at radius 3 is 2.65 bits per heavy atom. The lowest BCUT2D eigenvalue weighted by molar-refractivity contribution is -0.156. The van der Waals surface area contributed by atoms with Crippen LogP contribution in [0.2, 0.25) is 0 Å². The second-order valence-corrected chi connectivity index (χ2v) is 5.86. The number of aromatic nitrogens is 1. The maximum Gasteiger partial charge on any atom is 0.310 e. The van der Waals surface area contributed by atoms with Crippen LogP contribution in [-0.2, 0) is 14.3 Å². The maximum absolute atomic E-state index is 12.3. The Morgan fingerprint density at radius 2 is 2.05 bits per heavy atom. The van der Waals surface area contributed by atoms with Crippen LogP contribution in [0.25, 0.3) is 0 Å². The molecule has 1 aromatic heterocycles. The van der Waals surface area contributed by atoms with Crippen LogP contribution in [0, 0.1) is 11.8 Å². The van der Waals surface area contributed by atoms with E-state index in [-0.39, 0.29) is 18.0 Å². The van der Waals surface area contributed by atoms with Gasteiger partial charge in [-0.25, -0.2) is 4.98 Å². The quantitative estimate of drug-likeness (QED) is 0.684. The molecular weight excluding hydrogens is 276 g/mol. The van der Waals surface area contributed by atoms with Gasteiger partial charge in [-0.1, -0.05) is 12.2 Å². The van der Waals surface area contributed by atoms with E-state index in [1.165, 1.54) is 11.3 Å². The fraction of sp³-hybridized carbons (Fsp3) is 0.500. The molecule has 2 rings (SSSR count). The zero-order valence-electron chi connectivity index (χ0n) is 11.5. The summed E-state index contributed by atoms with van der Waals surface area (Å²) in [5.74, 6) is -1.28. The lowest BCUT2D eigenvalue weighted by Crippen LogP contribution is -2.36. The molecule has 0 aromatic carbocycles. The molecule has 0 aliphatic heterocycles. The molecule has 0 saturated heterocycles. The number of nitrogens with zero attached hydrogens (tertiary/aromatic N) is 1. The summed E-state index contributed by atoms with van der Waals surface area (Å²) >= 11 is 1.36. The van der Waals surface area contributed by atoms with Gasteiger partial charge in [0.05, 0.1) is 17.9 Å². The normalized spacial score (nSPS) is 21.8. The highest BCUT2D eigenvalue weighted by Gasteiger charge is 2.35. The number of ether oxygens (including phenoxy) is 1. The van der Waals surface area contributed by atoms with E-state index in [9.17, 15) is 9.59 Å². The number of allylic oxidation sites excluding steroid dienone is 2. The Hall–Kier alpha value is -1.69. The third-order valence-electron chi connectivity index (χ3n) is 3.09. The van der Waals surface area contributed by atoms with E-state index in [0.29, 0.717) is 18.0 Å². The molecule has 0 saturated carbocycles. The van der Waals surface area contributed by atoms with Crippen molar-refractivity contribution in [1.82, 2.24) is 4.98 Å². The third kappa shape index (κ3) is 3.66. The fourth-order valence-corrected chi connectivity index (χ4v) is 2.70. The molecule has 0 unspecified atom stereocenters. The Morgan fingerprint density at radius 1 is 1.35 bits per heavy atom. The van der Waals surface area contributed by atoms with Crippen LogP contribution in [-0.4, -0.2) is 23.0 Å². The molecule has 0 spiro atoms. The molecule has 0 radical (unpaired) electrons. The van der Waals surface area contributed by atoms with Gasteiger partial charge in [-0.2, -0.15) is 0 Å². The predicted molar refractivity (Wildman–Crippen MR) is 77.3 cm³/mol. The van der Waals surface area contributed by atoms with Crippen LogP contribution in [0.5, 0.6) is 0 Å².